The van der Waals surface area contributed by atoms with Crippen molar-refractivity contribution in [2.75, 3.05) is 33.9 Å². The summed E-state index contributed by atoms with van der Waals surface area (Å²) in [6.45, 7) is 6.89. The van der Waals surface area contributed by atoms with E-state index in [0.29, 0.717) is 11.7 Å². The molecule has 0 unspecified atom stereocenters. The molecule has 0 bridgehead atoms. The lowest BCUT2D eigenvalue weighted by Gasteiger charge is -2.41. The fourth-order valence-corrected chi connectivity index (χ4v) is 3.95. The van der Waals surface area contributed by atoms with Crippen LogP contribution in [0.3, 0.4) is 0 Å². The van der Waals surface area contributed by atoms with Gasteiger partial charge in [0.05, 0.1) is 5.54 Å². The number of amides is 1. The van der Waals surface area contributed by atoms with Crippen LogP contribution < -0.4 is 0 Å². The molecule has 3 heterocycles. The number of hydrogen-bond donors (Lipinski definition) is 0. The summed E-state index contributed by atoms with van der Waals surface area (Å²) in [6.07, 6.45) is 4.29. The highest BCUT2D eigenvalue weighted by Gasteiger charge is 2.44. The molecule has 1 aromatic heterocycles. The van der Waals surface area contributed by atoms with Gasteiger partial charge >= 0.3 is 0 Å². The molecule has 2 aliphatic rings. The molecule has 0 radical (unpaired) electrons. The van der Waals surface area contributed by atoms with Crippen LogP contribution in [0.2, 0.25) is 0 Å². The van der Waals surface area contributed by atoms with Gasteiger partial charge in [0.2, 0.25) is 0 Å². The smallest absolute Gasteiger partial charge is 0.272 e. The Balaban J connectivity index is 1.95. The third kappa shape index (κ3) is 3.17. The Morgan fingerprint density at radius 2 is 2.04 bits per heavy atom. The number of carbonyl (C=O) groups is 1. The normalized spacial score (nSPS) is 25.8. The van der Waals surface area contributed by atoms with E-state index in [1.807, 2.05) is 6.92 Å². The van der Waals surface area contributed by atoms with Crippen molar-refractivity contribution in [1.82, 2.24) is 19.8 Å². The Bertz CT molecular complexity index is 613. The molecule has 6 nitrogen and oxygen atoms in total. The van der Waals surface area contributed by atoms with E-state index < -0.39 is 0 Å². The second-order valence-electron chi connectivity index (χ2n) is 7.33. The van der Waals surface area contributed by atoms with Crippen LogP contribution in [0.4, 0.5) is 0 Å². The second kappa shape index (κ2) is 6.76. The van der Waals surface area contributed by atoms with Crippen molar-refractivity contribution >= 4 is 5.91 Å². The van der Waals surface area contributed by atoms with E-state index >= 15 is 0 Å². The molecule has 1 atom stereocenters. The highest BCUT2D eigenvalue weighted by molar-refractivity contribution is 5.92. The third-order valence-corrected chi connectivity index (χ3v) is 5.29. The fourth-order valence-electron chi connectivity index (χ4n) is 3.95. The molecule has 24 heavy (non-hydrogen) atoms. The maximum atomic E-state index is 12.4. The number of aryl methyl sites for hydroxylation is 1. The minimum atomic E-state index is -0.199. The molecule has 2 aliphatic heterocycles. The third-order valence-electron chi connectivity index (χ3n) is 5.29. The van der Waals surface area contributed by atoms with Gasteiger partial charge in [0.1, 0.15) is 11.5 Å². The van der Waals surface area contributed by atoms with Crippen LogP contribution in [0.5, 0.6) is 0 Å². The van der Waals surface area contributed by atoms with E-state index in [2.05, 4.69) is 16.8 Å². The fraction of sp³-hybridized carbons (Fsp3) is 0.722. The van der Waals surface area contributed by atoms with Gasteiger partial charge in [-0.3, -0.25) is 9.69 Å². The summed E-state index contributed by atoms with van der Waals surface area (Å²) in [5.41, 5.74) is 1.14. The molecule has 0 spiro atoms. The number of nitrogens with zero attached hydrogens (tertiary/aromatic N) is 4. The van der Waals surface area contributed by atoms with E-state index in [0.717, 1.165) is 57.0 Å². The number of likely N-dealkylation sites (tertiary alicyclic amines) is 1. The summed E-state index contributed by atoms with van der Waals surface area (Å²) >= 11 is 0. The van der Waals surface area contributed by atoms with Crippen LogP contribution in [0.25, 0.3) is 0 Å². The predicted molar refractivity (Wildman–Crippen MR) is 91.9 cm³/mol. The van der Waals surface area contributed by atoms with Crippen LogP contribution in [0, 0.1) is 6.92 Å². The summed E-state index contributed by atoms with van der Waals surface area (Å²) in [5.74, 6) is 0.720. The van der Waals surface area contributed by atoms with Crippen LogP contribution in [0.1, 0.15) is 54.6 Å². The molecular formula is C18H28N4O2. The van der Waals surface area contributed by atoms with Gasteiger partial charge in [0, 0.05) is 39.0 Å². The number of hydrogen-bond acceptors (Lipinski definition) is 5. The summed E-state index contributed by atoms with van der Waals surface area (Å²) in [5, 5.41) is 0. The molecule has 1 amide bonds. The summed E-state index contributed by atoms with van der Waals surface area (Å²) in [6, 6.07) is 2.30. The van der Waals surface area contributed by atoms with Gasteiger partial charge in [0.15, 0.2) is 0 Å². The summed E-state index contributed by atoms with van der Waals surface area (Å²) in [7, 11) is 3.51. The molecule has 0 aliphatic carbocycles. The Morgan fingerprint density at radius 3 is 2.71 bits per heavy atom. The van der Waals surface area contributed by atoms with Crippen LogP contribution in [-0.4, -0.2) is 65.6 Å². The maximum Gasteiger partial charge on any atom is 0.272 e. The Hall–Kier alpha value is -1.53. The monoisotopic (exact) mass is 332 g/mol. The molecule has 0 aromatic carbocycles. The van der Waals surface area contributed by atoms with Gasteiger partial charge in [-0.05, 0) is 52.1 Å². The minimum Gasteiger partial charge on any atom is -0.381 e. The Morgan fingerprint density at radius 1 is 1.33 bits per heavy atom. The van der Waals surface area contributed by atoms with Crippen molar-refractivity contribution < 1.29 is 9.53 Å². The van der Waals surface area contributed by atoms with Gasteiger partial charge in [-0.2, -0.15) is 0 Å². The summed E-state index contributed by atoms with van der Waals surface area (Å²) < 4.78 is 5.52. The van der Waals surface area contributed by atoms with Crippen LogP contribution in [0.15, 0.2) is 6.07 Å². The van der Waals surface area contributed by atoms with Crippen molar-refractivity contribution in [2.45, 2.75) is 51.1 Å². The largest absolute Gasteiger partial charge is 0.381 e. The highest BCUT2D eigenvalue weighted by atomic mass is 16.5. The number of aromatic nitrogens is 2. The first-order valence-electron chi connectivity index (χ1n) is 8.84. The second-order valence-corrected chi connectivity index (χ2v) is 7.33. The quantitative estimate of drug-likeness (QED) is 0.847. The van der Waals surface area contributed by atoms with E-state index in [9.17, 15) is 4.79 Å². The van der Waals surface area contributed by atoms with Crippen molar-refractivity contribution in [1.29, 1.82) is 0 Å². The minimum absolute atomic E-state index is 0.0686. The van der Waals surface area contributed by atoms with Gasteiger partial charge in [0.25, 0.3) is 5.91 Å². The SMILES string of the molecule is Cc1cc(C(=O)N(C)C)nc([C@]2(C)CCCN2C2CCOCC2)n1. The zero-order valence-electron chi connectivity index (χ0n) is 15.2. The lowest BCUT2D eigenvalue weighted by Crippen LogP contribution is -2.48. The van der Waals surface area contributed by atoms with Gasteiger partial charge in [-0.25, -0.2) is 9.97 Å². The number of ether oxygens (including phenoxy) is 1. The lowest BCUT2D eigenvalue weighted by atomic mass is 9.94. The Labute approximate surface area is 144 Å². The van der Waals surface area contributed by atoms with Crippen LogP contribution in [-0.2, 0) is 10.3 Å². The average Bonchev–Trinajstić information content (AvgIpc) is 2.97. The van der Waals surface area contributed by atoms with Crippen LogP contribution >= 0.6 is 0 Å². The first-order valence-corrected chi connectivity index (χ1v) is 8.84. The molecule has 1 aromatic rings. The lowest BCUT2D eigenvalue weighted by molar-refractivity contribution is 0.00191. The molecule has 6 heteroatoms. The van der Waals surface area contributed by atoms with Gasteiger partial charge in [-0.15, -0.1) is 0 Å². The standard InChI is InChI=1S/C18H28N4O2/c1-13-12-15(16(23)21(3)4)20-17(19-13)18(2)8-5-9-22(18)14-6-10-24-11-7-14/h12,14H,5-11H2,1-4H3/t18-/m0/s1. The van der Waals surface area contributed by atoms with Gasteiger partial charge < -0.3 is 9.64 Å². The van der Waals surface area contributed by atoms with E-state index in [-0.39, 0.29) is 11.4 Å². The summed E-state index contributed by atoms with van der Waals surface area (Å²) in [4.78, 5) is 25.9. The van der Waals surface area contributed by atoms with Crippen molar-refractivity contribution in [2.24, 2.45) is 0 Å². The first-order chi connectivity index (χ1) is 11.4. The number of carbonyl (C=O) groups excluding carboxylic acids is 1. The number of rotatable bonds is 3. The first kappa shape index (κ1) is 17.3. The van der Waals surface area contributed by atoms with E-state index in [1.54, 1.807) is 25.1 Å². The van der Waals surface area contributed by atoms with E-state index in [4.69, 9.17) is 9.72 Å². The topological polar surface area (TPSA) is 58.6 Å². The zero-order chi connectivity index (χ0) is 17.3. The predicted octanol–water partition coefficient (Wildman–Crippen LogP) is 1.98. The average molecular weight is 332 g/mol. The van der Waals surface area contributed by atoms with Crippen molar-refractivity contribution in [3.63, 3.8) is 0 Å². The molecule has 0 N–H and O–H groups in total. The molecule has 132 valence electrons. The van der Waals surface area contributed by atoms with E-state index in [1.165, 1.54) is 0 Å². The maximum absolute atomic E-state index is 12.4. The van der Waals surface area contributed by atoms with Gasteiger partial charge in [-0.1, -0.05) is 0 Å². The van der Waals surface area contributed by atoms with Crippen molar-refractivity contribution in [3.8, 4) is 0 Å². The Kier molecular flexibility index (Phi) is 4.88. The highest BCUT2D eigenvalue weighted by Crippen LogP contribution is 2.40. The molecule has 0 saturated carbocycles. The molecular weight excluding hydrogens is 304 g/mol. The zero-order valence-corrected chi connectivity index (χ0v) is 15.2. The molecule has 2 saturated heterocycles. The molecule has 2 fully saturated rings. The van der Waals surface area contributed by atoms with Crippen molar-refractivity contribution in [3.05, 3.63) is 23.3 Å². The molecule has 3 rings (SSSR count).